The van der Waals surface area contributed by atoms with Gasteiger partial charge in [0.05, 0.1) is 17.8 Å². The Morgan fingerprint density at radius 1 is 1.29 bits per heavy atom. The minimum absolute atomic E-state index is 0.424. The van der Waals surface area contributed by atoms with Gasteiger partial charge in [0.2, 0.25) is 0 Å². The average Bonchev–Trinajstić information content (AvgIpc) is 2.47. The molecule has 4 nitrogen and oxygen atoms in total. The second-order valence-corrected chi connectivity index (χ2v) is 3.29. The third-order valence-corrected chi connectivity index (χ3v) is 2.53. The van der Waals surface area contributed by atoms with E-state index in [1.54, 1.807) is 18.2 Å². The second kappa shape index (κ2) is 2.35. The lowest BCUT2D eigenvalue weighted by molar-refractivity contribution is -0.114. The van der Waals surface area contributed by atoms with E-state index in [0.29, 0.717) is 30.2 Å². The first-order chi connectivity index (χ1) is 6.79. The summed E-state index contributed by atoms with van der Waals surface area (Å²) in [5, 5.41) is 0. The van der Waals surface area contributed by atoms with Crippen molar-refractivity contribution in [2.45, 2.75) is 0 Å². The van der Waals surface area contributed by atoms with E-state index in [4.69, 9.17) is 4.74 Å². The molecule has 0 spiro atoms. The molecule has 0 N–H and O–H groups in total. The molecule has 1 aromatic rings. The van der Waals surface area contributed by atoms with Gasteiger partial charge >= 0.3 is 0 Å². The molecule has 1 amide bonds. The Balaban J connectivity index is 2.32. The first kappa shape index (κ1) is 7.55. The van der Waals surface area contributed by atoms with Gasteiger partial charge in [0.1, 0.15) is 12.4 Å². The topological polar surface area (TPSA) is 46.6 Å². The van der Waals surface area contributed by atoms with Gasteiger partial charge in [-0.25, -0.2) is 0 Å². The maximum atomic E-state index is 11.5. The van der Waals surface area contributed by atoms with E-state index in [1.807, 2.05) is 0 Å². The fraction of sp³-hybridized carbons (Fsp3) is 0.200. The summed E-state index contributed by atoms with van der Waals surface area (Å²) < 4.78 is 5.37. The van der Waals surface area contributed by atoms with E-state index in [1.165, 1.54) is 4.90 Å². The summed E-state index contributed by atoms with van der Waals surface area (Å²) in [6.45, 7) is 0.921. The van der Waals surface area contributed by atoms with Gasteiger partial charge in [0.25, 0.3) is 11.7 Å². The quantitative estimate of drug-likeness (QED) is 0.562. The predicted molar refractivity (Wildman–Crippen MR) is 48.6 cm³/mol. The molecule has 0 bridgehead atoms. The first-order valence-electron chi connectivity index (χ1n) is 4.41. The lowest BCUT2D eigenvalue weighted by Gasteiger charge is -2.24. The second-order valence-electron chi connectivity index (χ2n) is 3.29. The first-order valence-corrected chi connectivity index (χ1v) is 4.41. The molecule has 0 fully saturated rings. The highest BCUT2D eigenvalue weighted by atomic mass is 16.5. The molecule has 0 aromatic heterocycles. The minimum Gasteiger partial charge on any atom is -0.490 e. The maximum Gasteiger partial charge on any atom is 0.299 e. The van der Waals surface area contributed by atoms with Gasteiger partial charge in [0, 0.05) is 0 Å². The lowest BCUT2D eigenvalue weighted by Crippen LogP contribution is -2.36. The van der Waals surface area contributed by atoms with E-state index in [9.17, 15) is 9.59 Å². The van der Waals surface area contributed by atoms with E-state index in [0.717, 1.165) is 0 Å². The number of hydrogen-bond donors (Lipinski definition) is 0. The smallest absolute Gasteiger partial charge is 0.299 e. The van der Waals surface area contributed by atoms with Crippen LogP contribution in [0.4, 0.5) is 5.69 Å². The Bertz CT molecular complexity index is 453. The minimum atomic E-state index is -0.434. The van der Waals surface area contributed by atoms with Gasteiger partial charge in [-0.15, -0.1) is 0 Å². The van der Waals surface area contributed by atoms with Crippen molar-refractivity contribution in [2.75, 3.05) is 18.1 Å². The monoisotopic (exact) mass is 189 g/mol. The number of carbonyl (C=O) groups excluding carboxylic acids is 2. The molecule has 1 aromatic carbocycles. The molecule has 2 aliphatic heterocycles. The molecule has 4 heteroatoms. The van der Waals surface area contributed by atoms with Crippen molar-refractivity contribution in [2.24, 2.45) is 0 Å². The Hall–Kier alpha value is -1.84. The van der Waals surface area contributed by atoms with E-state index < -0.39 is 11.7 Å². The standard InChI is InChI=1S/C10H7NO3/c12-9-6-2-1-3-7-8(6)11(10(9)13)4-5-14-7/h1-3H,4-5H2. The molecule has 2 aliphatic rings. The molecule has 0 atom stereocenters. The number of para-hydroxylation sites is 1. The summed E-state index contributed by atoms with van der Waals surface area (Å²) in [6, 6.07) is 5.17. The number of benzene rings is 1. The fourth-order valence-corrected chi connectivity index (χ4v) is 1.90. The van der Waals surface area contributed by atoms with Gasteiger partial charge in [-0.05, 0) is 12.1 Å². The Morgan fingerprint density at radius 3 is 3.00 bits per heavy atom. The zero-order valence-corrected chi connectivity index (χ0v) is 7.32. The molecular weight excluding hydrogens is 182 g/mol. The summed E-state index contributed by atoms with van der Waals surface area (Å²) in [6.07, 6.45) is 0. The predicted octanol–water partition coefficient (Wildman–Crippen LogP) is 0.608. The van der Waals surface area contributed by atoms with Crippen LogP contribution in [-0.2, 0) is 4.79 Å². The van der Waals surface area contributed by atoms with Crippen LogP contribution in [0.25, 0.3) is 0 Å². The number of ether oxygens (including phenoxy) is 1. The van der Waals surface area contributed by atoms with Gasteiger partial charge in [-0.1, -0.05) is 6.07 Å². The number of carbonyl (C=O) groups is 2. The molecular formula is C10H7NO3. The highest BCUT2D eigenvalue weighted by Crippen LogP contribution is 2.39. The third-order valence-electron chi connectivity index (χ3n) is 2.53. The summed E-state index contributed by atoms with van der Waals surface area (Å²) in [7, 11) is 0. The number of nitrogens with zero attached hydrogens (tertiary/aromatic N) is 1. The van der Waals surface area contributed by atoms with E-state index in [2.05, 4.69) is 0 Å². The molecule has 0 radical (unpaired) electrons. The van der Waals surface area contributed by atoms with Crippen molar-refractivity contribution in [3.8, 4) is 5.75 Å². The summed E-state index contributed by atoms with van der Waals surface area (Å²) in [4.78, 5) is 24.5. The largest absolute Gasteiger partial charge is 0.490 e. The summed E-state index contributed by atoms with van der Waals surface area (Å²) in [5.74, 6) is -0.226. The molecule has 0 aliphatic carbocycles. The Labute approximate surface area is 80.1 Å². The van der Waals surface area contributed by atoms with Crippen molar-refractivity contribution in [3.63, 3.8) is 0 Å². The van der Waals surface area contributed by atoms with Crippen LogP contribution in [0.2, 0.25) is 0 Å². The molecule has 2 heterocycles. The van der Waals surface area contributed by atoms with Crippen molar-refractivity contribution in [3.05, 3.63) is 23.8 Å². The number of amides is 1. The normalized spacial score (nSPS) is 18.1. The zero-order chi connectivity index (χ0) is 9.71. The molecule has 0 saturated heterocycles. The lowest BCUT2D eigenvalue weighted by atomic mass is 10.1. The van der Waals surface area contributed by atoms with Crippen LogP contribution in [0.3, 0.4) is 0 Å². The van der Waals surface area contributed by atoms with E-state index >= 15 is 0 Å². The number of hydrogen-bond acceptors (Lipinski definition) is 3. The summed E-state index contributed by atoms with van der Waals surface area (Å²) in [5.41, 5.74) is 1.11. The van der Waals surface area contributed by atoms with Crippen molar-refractivity contribution >= 4 is 17.4 Å². The number of ketones is 1. The third kappa shape index (κ3) is 0.731. The summed E-state index contributed by atoms with van der Waals surface area (Å²) >= 11 is 0. The van der Waals surface area contributed by atoms with Gasteiger partial charge in [0.15, 0.2) is 0 Å². The van der Waals surface area contributed by atoms with Crippen molar-refractivity contribution < 1.29 is 14.3 Å². The SMILES string of the molecule is O=C1C(=O)N2CCOc3cccc1c32. The highest BCUT2D eigenvalue weighted by molar-refractivity contribution is 6.52. The molecule has 14 heavy (non-hydrogen) atoms. The number of anilines is 1. The highest BCUT2D eigenvalue weighted by Gasteiger charge is 2.39. The average molecular weight is 189 g/mol. The molecule has 3 rings (SSSR count). The van der Waals surface area contributed by atoms with Crippen LogP contribution < -0.4 is 9.64 Å². The molecule has 70 valence electrons. The fourth-order valence-electron chi connectivity index (χ4n) is 1.90. The maximum absolute atomic E-state index is 11.5. The Morgan fingerprint density at radius 2 is 2.14 bits per heavy atom. The molecule has 0 unspecified atom stereocenters. The zero-order valence-electron chi connectivity index (χ0n) is 7.32. The number of rotatable bonds is 0. The van der Waals surface area contributed by atoms with Crippen LogP contribution in [0.1, 0.15) is 10.4 Å². The van der Waals surface area contributed by atoms with Gasteiger partial charge < -0.3 is 4.74 Å². The van der Waals surface area contributed by atoms with Gasteiger partial charge in [-0.3, -0.25) is 14.5 Å². The van der Waals surface area contributed by atoms with Crippen molar-refractivity contribution in [1.82, 2.24) is 0 Å². The van der Waals surface area contributed by atoms with E-state index in [-0.39, 0.29) is 0 Å². The van der Waals surface area contributed by atoms with Crippen LogP contribution in [0.5, 0.6) is 5.75 Å². The van der Waals surface area contributed by atoms with Crippen LogP contribution in [0.15, 0.2) is 18.2 Å². The van der Waals surface area contributed by atoms with Crippen LogP contribution in [-0.4, -0.2) is 24.8 Å². The molecule has 0 saturated carbocycles. The van der Waals surface area contributed by atoms with Crippen molar-refractivity contribution in [1.29, 1.82) is 0 Å². The van der Waals surface area contributed by atoms with Crippen LogP contribution in [0, 0.1) is 0 Å². The van der Waals surface area contributed by atoms with Crippen LogP contribution >= 0.6 is 0 Å². The Kier molecular flexibility index (Phi) is 1.27. The number of Topliss-reactive ketones (excluding diaryl/α,β-unsaturated/α-hetero) is 1. The van der Waals surface area contributed by atoms with Gasteiger partial charge in [-0.2, -0.15) is 0 Å².